The zero-order valence-corrected chi connectivity index (χ0v) is 11.5. The second-order valence-corrected chi connectivity index (χ2v) is 4.82. The molecule has 0 aliphatic rings. The Balaban J connectivity index is 2.98. The molecule has 1 aromatic heterocycles. The first-order chi connectivity index (χ1) is 8.51. The first kappa shape index (κ1) is 14.5. The van der Waals surface area contributed by atoms with Gasteiger partial charge in [-0.1, -0.05) is 6.92 Å². The number of hydrogen-bond donors (Lipinski definition) is 1. The smallest absolute Gasteiger partial charge is 0.323 e. The zero-order chi connectivity index (χ0) is 13.7. The Labute approximate surface area is 110 Å². The van der Waals surface area contributed by atoms with Gasteiger partial charge in [0, 0.05) is 6.04 Å². The molecule has 1 amide bonds. The third-order valence-corrected chi connectivity index (χ3v) is 3.62. The quantitative estimate of drug-likeness (QED) is 0.860. The lowest BCUT2D eigenvalue weighted by Gasteiger charge is -2.26. The van der Waals surface area contributed by atoms with Gasteiger partial charge in [0.05, 0.1) is 7.11 Å². The normalized spacial score (nSPS) is 11.9. The van der Waals surface area contributed by atoms with E-state index < -0.39 is 5.97 Å². The van der Waals surface area contributed by atoms with Gasteiger partial charge in [-0.25, -0.2) is 0 Å². The molecule has 0 radical (unpaired) electrons. The maximum absolute atomic E-state index is 12.3. The van der Waals surface area contributed by atoms with Crippen molar-refractivity contribution in [3.05, 3.63) is 16.3 Å². The van der Waals surface area contributed by atoms with Gasteiger partial charge in [-0.05, 0) is 24.8 Å². The zero-order valence-electron chi connectivity index (χ0n) is 10.7. The van der Waals surface area contributed by atoms with E-state index in [0.29, 0.717) is 17.0 Å². The van der Waals surface area contributed by atoms with Crippen molar-refractivity contribution in [3.8, 4) is 5.75 Å². The van der Waals surface area contributed by atoms with E-state index >= 15 is 0 Å². The standard InChI is InChI=1S/C12H17NO4S/c1-4-8(2)13(7-10(14)15)12(16)11-9(17-3)5-6-18-11/h5-6,8H,4,7H2,1-3H3,(H,14,15). The molecule has 1 rings (SSSR count). The van der Waals surface area contributed by atoms with Gasteiger partial charge in [0.2, 0.25) is 0 Å². The summed E-state index contributed by atoms with van der Waals surface area (Å²) < 4.78 is 5.09. The van der Waals surface area contributed by atoms with Gasteiger partial charge in [0.1, 0.15) is 17.2 Å². The molecule has 1 unspecified atom stereocenters. The highest BCUT2D eigenvalue weighted by atomic mass is 32.1. The van der Waals surface area contributed by atoms with Crippen molar-refractivity contribution in [2.24, 2.45) is 0 Å². The van der Waals surface area contributed by atoms with Crippen LogP contribution in [0.1, 0.15) is 29.9 Å². The summed E-state index contributed by atoms with van der Waals surface area (Å²) in [6, 6.07) is 1.58. The van der Waals surface area contributed by atoms with Crippen LogP contribution < -0.4 is 4.74 Å². The number of aliphatic carboxylic acids is 1. The minimum Gasteiger partial charge on any atom is -0.495 e. The lowest BCUT2D eigenvalue weighted by Crippen LogP contribution is -2.41. The number of hydrogen-bond acceptors (Lipinski definition) is 4. The van der Waals surface area contributed by atoms with Crippen molar-refractivity contribution in [1.29, 1.82) is 0 Å². The van der Waals surface area contributed by atoms with Crippen LogP contribution in [0.25, 0.3) is 0 Å². The topological polar surface area (TPSA) is 66.8 Å². The van der Waals surface area contributed by atoms with Gasteiger partial charge in [-0.3, -0.25) is 9.59 Å². The third kappa shape index (κ3) is 3.22. The number of nitrogens with zero attached hydrogens (tertiary/aromatic N) is 1. The van der Waals surface area contributed by atoms with Gasteiger partial charge in [-0.15, -0.1) is 11.3 Å². The summed E-state index contributed by atoms with van der Waals surface area (Å²) in [6.45, 7) is 3.45. The van der Waals surface area contributed by atoms with Crippen molar-refractivity contribution in [1.82, 2.24) is 4.90 Å². The molecule has 18 heavy (non-hydrogen) atoms. The monoisotopic (exact) mass is 271 g/mol. The van der Waals surface area contributed by atoms with E-state index in [4.69, 9.17) is 9.84 Å². The van der Waals surface area contributed by atoms with Crippen molar-refractivity contribution in [2.75, 3.05) is 13.7 Å². The van der Waals surface area contributed by atoms with Crippen molar-refractivity contribution < 1.29 is 19.4 Å². The Morgan fingerprint density at radius 3 is 2.72 bits per heavy atom. The van der Waals surface area contributed by atoms with Gasteiger partial charge in [-0.2, -0.15) is 0 Å². The molecule has 1 atom stereocenters. The molecule has 0 aromatic carbocycles. The molecule has 0 aliphatic heterocycles. The highest BCUT2D eigenvalue weighted by Crippen LogP contribution is 2.26. The van der Waals surface area contributed by atoms with Crippen LogP contribution >= 0.6 is 11.3 Å². The summed E-state index contributed by atoms with van der Waals surface area (Å²) in [4.78, 5) is 25.0. The Kier molecular flexibility index (Phi) is 5.15. The van der Waals surface area contributed by atoms with Crippen molar-refractivity contribution in [3.63, 3.8) is 0 Å². The summed E-state index contributed by atoms with van der Waals surface area (Å²) in [5.74, 6) is -0.818. The van der Waals surface area contributed by atoms with Gasteiger partial charge in [0.15, 0.2) is 0 Å². The number of carbonyl (C=O) groups is 2. The summed E-state index contributed by atoms with van der Waals surface area (Å²) in [6.07, 6.45) is 0.701. The molecule has 0 bridgehead atoms. The SMILES string of the molecule is CCC(C)N(CC(=O)O)C(=O)c1sccc1OC. The third-order valence-electron chi connectivity index (χ3n) is 2.73. The van der Waals surface area contributed by atoms with Crippen LogP contribution in [0.5, 0.6) is 5.75 Å². The molecule has 1 N–H and O–H groups in total. The average Bonchev–Trinajstić information content (AvgIpc) is 2.82. The molecule has 5 nitrogen and oxygen atoms in total. The fourth-order valence-electron chi connectivity index (χ4n) is 1.54. The van der Waals surface area contributed by atoms with Crippen molar-refractivity contribution >= 4 is 23.2 Å². The van der Waals surface area contributed by atoms with Crippen LogP contribution in [-0.4, -0.2) is 41.6 Å². The predicted molar refractivity (Wildman–Crippen MR) is 69.3 cm³/mol. The molecule has 0 saturated carbocycles. The van der Waals surface area contributed by atoms with Crippen LogP contribution in [0.3, 0.4) is 0 Å². The molecule has 0 spiro atoms. The Bertz CT molecular complexity index is 429. The maximum Gasteiger partial charge on any atom is 0.323 e. The number of carboxylic acid groups (broad SMARTS) is 1. The average molecular weight is 271 g/mol. The molecule has 0 saturated heterocycles. The molecule has 100 valence electrons. The Hall–Kier alpha value is -1.56. The summed E-state index contributed by atoms with van der Waals surface area (Å²) >= 11 is 1.26. The first-order valence-electron chi connectivity index (χ1n) is 5.65. The molecule has 6 heteroatoms. The van der Waals surface area contributed by atoms with Gasteiger partial charge >= 0.3 is 5.97 Å². The highest BCUT2D eigenvalue weighted by molar-refractivity contribution is 7.12. The lowest BCUT2D eigenvalue weighted by atomic mass is 10.2. The number of methoxy groups -OCH3 is 1. The number of rotatable bonds is 6. The van der Waals surface area contributed by atoms with Crippen molar-refractivity contribution in [2.45, 2.75) is 26.3 Å². The Morgan fingerprint density at radius 1 is 1.56 bits per heavy atom. The fraction of sp³-hybridized carbons (Fsp3) is 0.500. The lowest BCUT2D eigenvalue weighted by molar-refractivity contribution is -0.138. The number of carbonyl (C=O) groups excluding carboxylic acids is 1. The highest BCUT2D eigenvalue weighted by Gasteiger charge is 2.26. The maximum atomic E-state index is 12.3. The van der Waals surface area contributed by atoms with Crippen LogP contribution in [0.2, 0.25) is 0 Å². The minimum atomic E-state index is -1.01. The number of ether oxygens (including phenoxy) is 1. The predicted octanol–water partition coefficient (Wildman–Crippen LogP) is 2.08. The van der Waals surface area contributed by atoms with E-state index in [9.17, 15) is 9.59 Å². The van der Waals surface area contributed by atoms with E-state index in [1.54, 1.807) is 11.4 Å². The number of amides is 1. The van der Waals surface area contributed by atoms with Crippen LogP contribution in [0.4, 0.5) is 0 Å². The van der Waals surface area contributed by atoms with E-state index in [1.807, 2.05) is 13.8 Å². The van der Waals surface area contributed by atoms with E-state index in [-0.39, 0.29) is 18.5 Å². The molecule has 0 fully saturated rings. The summed E-state index contributed by atoms with van der Waals surface area (Å²) in [7, 11) is 1.49. The second kappa shape index (κ2) is 6.39. The van der Waals surface area contributed by atoms with Gasteiger partial charge < -0.3 is 14.7 Å². The van der Waals surface area contributed by atoms with E-state index in [0.717, 1.165) is 0 Å². The van der Waals surface area contributed by atoms with E-state index in [2.05, 4.69) is 0 Å². The second-order valence-electron chi connectivity index (χ2n) is 3.90. The molecule has 1 aromatic rings. The first-order valence-corrected chi connectivity index (χ1v) is 6.53. The fourth-order valence-corrected chi connectivity index (χ4v) is 2.35. The Morgan fingerprint density at radius 2 is 2.22 bits per heavy atom. The minimum absolute atomic E-state index is 0.125. The van der Waals surface area contributed by atoms with Crippen LogP contribution in [0.15, 0.2) is 11.4 Å². The number of thiophene rings is 1. The molecular formula is C12H17NO4S. The number of carboxylic acids is 1. The molecular weight excluding hydrogens is 254 g/mol. The largest absolute Gasteiger partial charge is 0.495 e. The molecule has 1 heterocycles. The van der Waals surface area contributed by atoms with Crippen LogP contribution in [-0.2, 0) is 4.79 Å². The summed E-state index contributed by atoms with van der Waals surface area (Å²) in [5.41, 5.74) is 0. The van der Waals surface area contributed by atoms with Gasteiger partial charge in [0.25, 0.3) is 5.91 Å². The van der Waals surface area contributed by atoms with E-state index in [1.165, 1.54) is 23.3 Å². The molecule has 0 aliphatic carbocycles. The summed E-state index contributed by atoms with van der Waals surface area (Å²) in [5, 5.41) is 10.6. The van der Waals surface area contributed by atoms with Crippen LogP contribution in [0, 0.1) is 0 Å².